The Kier molecular flexibility index (Phi) is 4.19. The van der Waals surface area contributed by atoms with Crippen molar-refractivity contribution >= 4 is 43.1 Å². The van der Waals surface area contributed by atoms with Crippen LogP contribution in [0.15, 0.2) is 54.6 Å². The summed E-state index contributed by atoms with van der Waals surface area (Å²) < 4.78 is 2.67. The van der Waals surface area contributed by atoms with Crippen molar-refractivity contribution in [3.05, 3.63) is 70.7 Å². The number of rotatable bonds is 1. The fraction of sp³-hybridized carbons (Fsp3) is 0.400. The van der Waals surface area contributed by atoms with Gasteiger partial charge in [-0.15, -0.1) is 11.3 Å². The molecule has 3 aliphatic rings. The smallest absolute Gasteiger partial charge is 0.0584 e. The van der Waals surface area contributed by atoms with Gasteiger partial charge in [0.05, 0.1) is 9.72 Å². The summed E-state index contributed by atoms with van der Waals surface area (Å²) in [7, 11) is 0. The van der Waals surface area contributed by atoms with E-state index in [0.29, 0.717) is 5.92 Å². The minimum Gasteiger partial charge on any atom is -0.133 e. The van der Waals surface area contributed by atoms with E-state index in [-0.39, 0.29) is 5.41 Å². The summed E-state index contributed by atoms with van der Waals surface area (Å²) in [5.41, 5.74) is 6.39. The zero-order valence-electron chi connectivity index (χ0n) is 18.8. The molecule has 2 fully saturated rings. The molecule has 0 saturated heterocycles. The third kappa shape index (κ3) is 2.34. The standard InChI is InChI=1S/C30H29ClS/c1-3-18-14-19-13-17(2)30(20(15-18)16-19)24-9-5-4-7-23(24)27-25(30)12-11-22-21-8-6-10-26(31)28(21)32-29(22)27/h4-12,17-20H,3,13-16H2,1-2H3. The monoisotopic (exact) mass is 456 g/mol. The fourth-order valence-corrected chi connectivity index (χ4v) is 9.73. The van der Waals surface area contributed by atoms with Crippen molar-refractivity contribution in [2.45, 2.75) is 51.4 Å². The number of hydrogen-bond donors (Lipinski definition) is 0. The van der Waals surface area contributed by atoms with Crippen molar-refractivity contribution in [2.24, 2.45) is 23.7 Å². The Morgan fingerprint density at radius 1 is 0.875 bits per heavy atom. The van der Waals surface area contributed by atoms with Crippen molar-refractivity contribution in [1.29, 1.82) is 0 Å². The maximum absolute atomic E-state index is 6.66. The zero-order valence-corrected chi connectivity index (χ0v) is 20.4. The van der Waals surface area contributed by atoms with E-state index >= 15 is 0 Å². The molecule has 2 saturated carbocycles. The van der Waals surface area contributed by atoms with Gasteiger partial charge in [-0.25, -0.2) is 0 Å². The number of benzene rings is 3. The molecule has 0 N–H and O–H groups in total. The van der Waals surface area contributed by atoms with Gasteiger partial charge in [0, 0.05) is 26.5 Å². The second-order valence-electron chi connectivity index (χ2n) is 10.7. The molecule has 1 aromatic heterocycles. The van der Waals surface area contributed by atoms with Crippen LogP contribution in [0.4, 0.5) is 0 Å². The molecule has 1 spiro atoms. The lowest BCUT2D eigenvalue weighted by molar-refractivity contribution is 0.0368. The minimum atomic E-state index is 0.171. The molecule has 1 heterocycles. The predicted octanol–water partition coefficient (Wildman–Crippen LogP) is 9.46. The Balaban J connectivity index is 1.57. The molecule has 0 nitrogen and oxygen atoms in total. The summed E-state index contributed by atoms with van der Waals surface area (Å²) in [4.78, 5) is 0. The van der Waals surface area contributed by atoms with Crippen molar-refractivity contribution in [3.63, 3.8) is 0 Å². The van der Waals surface area contributed by atoms with E-state index in [4.69, 9.17) is 11.6 Å². The molecule has 4 aromatic rings. The highest BCUT2D eigenvalue weighted by molar-refractivity contribution is 7.27. The lowest BCUT2D eigenvalue weighted by Gasteiger charge is -2.54. The molecule has 2 bridgehead atoms. The van der Waals surface area contributed by atoms with Crippen molar-refractivity contribution in [3.8, 4) is 11.1 Å². The van der Waals surface area contributed by atoms with Gasteiger partial charge in [-0.3, -0.25) is 0 Å². The van der Waals surface area contributed by atoms with Crippen LogP contribution in [-0.2, 0) is 5.41 Å². The van der Waals surface area contributed by atoms with Crippen LogP contribution in [-0.4, -0.2) is 0 Å². The van der Waals surface area contributed by atoms with Gasteiger partial charge in [-0.2, -0.15) is 0 Å². The summed E-state index contributed by atoms with van der Waals surface area (Å²) in [5.74, 6) is 3.25. The van der Waals surface area contributed by atoms with Crippen LogP contribution < -0.4 is 0 Å². The van der Waals surface area contributed by atoms with Gasteiger partial charge in [-0.1, -0.05) is 80.4 Å². The largest absolute Gasteiger partial charge is 0.133 e. The molecule has 5 atom stereocenters. The highest BCUT2D eigenvalue weighted by atomic mass is 35.5. The Bertz CT molecular complexity index is 1380. The molecule has 3 aromatic carbocycles. The van der Waals surface area contributed by atoms with Crippen LogP contribution in [0.2, 0.25) is 5.02 Å². The summed E-state index contributed by atoms with van der Waals surface area (Å²) in [6, 6.07) is 20.7. The van der Waals surface area contributed by atoms with E-state index in [1.165, 1.54) is 63.4 Å². The molecule has 32 heavy (non-hydrogen) atoms. The van der Waals surface area contributed by atoms with E-state index in [0.717, 1.165) is 22.8 Å². The van der Waals surface area contributed by atoms with E-state index in [2.05, 4.69) is 62.4 Å². The molecule has 2 heteroatoms. The first kappa shape index (κ1) is 19.6. The van der Waals surface area contributed by atoms with E-state index in [1.54, 1.807) is 11.1 Å². The Hall–Kier alpha value is -1.83. The molecule has 5 unspecified atom stereocenters. The number of hydrogen-bond acceptors (Lipinski definition) is 1. The molecule has 0 radical (unpaired) electrons. The van der Waals surface area contributed by atoms with Gasteiger partial charge >= 0.3 is 0 Å². The first-order chi connectivity index (χ1) is 15.6. The first-order valence-electron chi connectivity index (χ1n) is 12.4. The molecule has 0 aliphatic heterocycles. The van der Waals surface area contributed by atoms with Crippen LogP contribution in [0, 0.1) is 23.7 Å². The SMILES string of the molecule is CCC1CC2CC(C)C3(c4ccccc4-c4c3ccc3c4sc4c(Cl)cccc43)C(C1)C2. The summed E-state index contributed by atoms with van der Waals surface area (Å²) in [6.07, 6.45) is 6.96. The van der Waals surface area contributed by atoms with Crippen LogP contribution in [0.25, 0.3) is 31.3 Å². The maximum Gasteiger partial charge on any atom is 0.0584 e. The fourth-order valence-electron chi connectivity index (χ4n) is 8.17. The average Bonchev–Trinajstić information content (AvgIpc) is 3.33. The highest BCUT2D eigenvalue weighted by Crippen LogP contribution is 2.66. The zero-order chi connectivity index (χ0) is 21.6. The van der Waals surface area contributed by atoms with Gasteiger partial charge in [0.25, 0.3) is 0 Å². The normalized spacial score (nSPS) is 30.7. The van der Waals surface area contributed by atoms with Gasteiger partial charge in [0.15, 0.2) is 0 Å². The third-order valence-corrected chi connectivity index (χ3v) is 11.0. The van der Waals surface area contributed by atoms with Gasteiger partial charge < -0.3 is 0 Å². The Morgan fingerprint density at radius 3 is 2.59 bits per heavy atom. The number of halogens is 1. The lowest BCUT2D eigenvalue weighted by Crippen LogP contribution is -2.49. The lowest BCUT2D eigenvalue weighted by atomic mass is 9.49. The molecule has 3 aliphatic carbocycles. The van der Waals surface area contributed by atoms with Crippen molar-refractivity contribution in [1.82, 2.24) is 0 Å². The van der Waals surface area contributed by atoms with Crippen LogP contribution in [0.5, 0.6) is 0 Å². The van der Waals surface area contributed by atoms with Crippen LogP contribution in [0.3, 0.4) is 0 Å². The number of thiophene rings is 1. The van der Waals surface area contributed by atoms with Crippen molar-refractivity contribution in [2.75, 3.05) is 0 Å². The maximum atomic E-state index is 6.66. The van der Waals surface area contributed by atoms with E-state index < -0.39 is 0 Å². The molecule has 162 valence electrons. The second-order valence-corrected chi connectivity index (χ2v) is 12.1. The van der Waals surface area contributed by atoms with Gasteiger partial charge in [0.1, 0.15) is 0 Å². The summed E-state index contributed by atoms with van der Waals surface area (Å²) >= 11 is 8.56. The topological polar surface area (TPSA) is 0 Å². The summed E-state index contributed by atoms with van der Waals surface area (Å²) in [6.45, 7) is 4.96. The minimum absolute atomic E-state index is 0.171. The third-order valence-electron chi connectivity index (χ3n) is 9.29. The molecular formula is C30H29ClS. The molecule has 7 rings (SSSR count). The molecule has 0 amide bonds. The summed E-state index contributed by atoms with van der Waals surface area (Å²) in [5, 5.41) is 3.55. The van der Waals surface area contributed by atoms with E-state index in [1.807, 2.05) is 17.4 Å². The van der Waals surface area contributed by atoms with Gasteiger partial charge in [-0.05, 0) is 72.1 Å². The van der Waals surface area contributed by atoms with E-state index in [9.17, 15) is 0 Å². The van der Waals surface area contributed by atoms with Crippen LogP contribution >= 0.6 is 22.9 Å². The predicted molar refractivity (Wildman–Crippen MR) is 139 cm³/mol. The Morgan fingerprint density at radius 2 is 1.72 bits per heavy atom. The van der Waals surface area contributed by atoms with Crippen molar-refractivity contribution < 1.29 is 0 Å². The average molecular weight is 457 g/mol. The number of fused-ring (bicyclic) bond motifs is 12. The first-order valence-corrected chi connectivity index (χ1v) is 13.6. The Labute approximate surface area is 199 Å². The second kappa shape index (κ2) is 6.84. The van der Waals surface area contributed by atoms with Gasteiger partial charge in [0.2, 0.25) is 0 Å². The highest BCUT2D eigenvalue weighted by Gasteiger charge is 2.57. The quantitative estimate of drug-likeness (QED) is 0.267. The molecular weight excluding hydrogens is 428 g/mol. The van der Waals surface area contributed by atoms with Crippen LogP contribution in [0.1, 0.15) is 57.1 Å².